The number of carbonyl (C=O) groups is 1. The van der Waals surface area contributed by atoms with Gasteiger partial charge in [-0.15, -0.1) is 0 Å². The molecule has 1 atom stereocenters. The van der Waals surface area contributed by atoms with E-state index < -0.39 is 6.10 Å². The molecule has 0 aliphatic rings. The second-order valence-corrected chi connectivity index (χ2v) is 5.89. The van der Waals surface area contributed by atoms with Gasteiger partial charge in [-0.2, -0.15) is 0 Å². The Morgan fingerprint density at radius 1 is 1.29 bits per heavy atom. The number of amides is 1. The van der Waals surface area contributed by atoms with Crippen molar-refractivity contribution in [2.24, 2.45) is 5.92 Å². The van der Waals surface area contributed by atoms with Crippen molar-refractivity contribution in [1.82, 2.24) is 10.3 Å². The summed E-state index contributed by atoms with van der Waals surface area (Å²) in [5.41, 5.74) is 0.874. The van der Waals surface area contributed by atoms with Crippen molar-refractivity contribution in [1.29, 1.82) is 0 Å². The molecule has 0 saturated carbocycles. The van der Waals surface area contributed by atoms with Gasteiger partial charge in [-0.3, -0.25) is 4.79 Å². The molecule has 1 unspecified atom stereocenters. The molecule has 0 saturated heterocycles. The first-order valence-corrected chi connectivity index (χ1v) is 7.91. The SMILES string of the molecule is CC(C)C(O)CCNC(=O)c1cccnc1Nc1cccc(F)c1. The number of hydrogen-bond acceptors (Lipinski definition) is 4. The van der Waals surface area contributed by atoms with Crippen molar-refractivity contribution >= 4 is 17.4 Å². The maximum Gasteiger partial charge on any atom is 0.255 e. The molecule has 2 aromatic rings. The van der Waals surface area contributed by atoms with Gasteiger partial charge in [0.15, 0.2) is 0 Å². The van der Waals surface area contributed by atoms with Gasteiger partial charge in [0.25, 0.3) is 5.91 Å². The summed E-state index contributed by atoms with van der Waals surface area (Å²) < 4.78 is 13.3. The maximum atomic E-state index is 13.3. The third-order valence-electron chi connectivity index (χ3n) is 3.63. The third kappa shape index (κ3) is 5.03. The van der Waals surface area contributed by atoms with E-state index in [1.165, 1.54) is 12.1 Å². The van der Waals surface area contributed by atoms with Crippen LogP contribution in [0.4, 0.5) is 15.9 Å². The first-order chi connectivity index (χ1) is 11.5. The van der Waals surface area contributed by atoms with E-state index >= 15 is 0 Å². The molecule has 1 aromatic carbocycles. The molecule has 0 bridgehead atoms. The minimum Gasteiger partial charge on any atom is -0.393 e. The Hall–Kier alpha value is -2.47. The summed E-state index contributed by atoms with van der Waals surface area (Å²) >= 11 is 0. The average molecular weight is 331 g/mol. The molecule has 0 fully saturated rings. The Labute approximate surface area is 140 Å². The lowest BCUT2D eigenvalue weighted by Crippen LogP contribution is -2.29. The topological polar surface area (TPSA) is 74.2 Å². The summed E-state index contributed by atoms with van der Waals surface area (Å²) in [7, 11) is 0. The number of aromatic nitrogens is 1. The minimum atomic E-state index is -0.455. The summed E-state index contributed by atoms with van der Waals surface area (Å²) in [5, 5.41) is 15.5. The van der Waals surface area contributed by atoms with Crippen molar-refractivity contribution in [2.45, 2.75) is 26.4 Å². The van der Waals surface area contributed by atoms with E-state index in [9.17, 15) is 14.3 Å². The normalized spacial score (nSPS) is 12.0. The average Bonchev–Trinajstić information content (AvgIpc) is 2.55. The molecule has 0 aliphatic heterocycles. The van der Waals surface area contributed by atoms with Gasteiger partial charge in [-0.25, -0.2) is 9.37 Å². The van der Waals surface area contributed by atoms with Crippen molar-refractivity contribution in [3.8, 4) is 0 Å². The first kappa shape index (κ1) is 17.9. The molecule has 6 heteroatoms. The van der Waals surface area contributed by atoms with Crippen LogP contribution in [0.25, 0.3) is 0 Å². The molecule has 1 aromatic heterocycles. The molecule has 5 nitrogen and oxygen atoms in total. The van der Waals surface area contributed by atoms with E-state index in [-0.39, 0.29) is 17.6 Å². The fraction of sp³-hybridized carbons (Fsp3) is 0.333. The van der Waals surface area contributed by atoms with Gasteiger partial charge in [0.1, 0.15) is 11.6 Å². The van der Waals surface area contributed by atoms with E-state index in [0.29, 0.717) is 30.0 Å². The Balaban J connectivity index is 2.04. The van der Waals surface area contributed by atoms with E-state index in [0.717, 1.165) is 0 Å². The predicted octanol–water partition coefficient (Wildman–Crippen LogP) is 3.10. The quantitative estimate of drug-likeness (QED) is 0.729. The number of carbonyl (C=O) groups excluding carboxylic acids is 1. The van der Waals surface area contributed by atoms with Crippen LogP contribution in [0, 0.1) is 11.7 Å². The molecule has 128 valence electrons. The van der Waals surface area contributed by atoms with Gasteiger partial charge < -0.3 is 15.7 Å². The number of nitrogens with one attached hydrogen (secondary N) is 2. The summed E-state index contributed by atoms with van der Waals surface area (Å²) in [6.45, 7) is 4.22. The van der Waals surface area contributed by atoms with Gasteiger partial charge in [0.05, 0.1) is 11.7 Å². The van der Waals surface area contributed by atoms with Gasteiger partial charge in [-0.1, -0.05) is 19.9 Å². The summed E-state index contributed by atoms with van der Waals surface area (Å²) in [5.74, 6) is -0.168. The number of halogens is 1. The molecule has 3 N–H and O–H groups in total. The van der Waals surface area contributed by atoms with E-state index in [2.05, 4.69) is 15.6 Å². The van der Waals surface area contributed by atoms with Crippen molar-refractivity contribution in [3.05, 3.63) is 54.0 Å². The van der Waals surface area contributed by atoms with Gasteiger partial charge in [-0.05, 0) is 42.7 Å². The van der Waals surface area contributed by atoms with Crippen LogP contribution in [0.2, 0.25) is 0 Å². The standard InChI is InChI=1S/C18H22FN3O2/c1-12(2)16(23)8-10-21-18(24)15-7-4-9-20-17(15)22-14-6-3-5-13(19)11-14/h3-7,9,11-12,16,23H,8,10H2,1-2H3,(H,20,22)(H,21,24). The second kappa shape index (κ2) is 8.40. The van der Waals surface area contributed by atoms with Crippen LogP contribution < -0.4 is 10.6 Å². The van der Waals surface area contributed by atoms with E-state index in [4.69, 9.17) is 0 Å². The van der Waals surface area contributed by atoms with E-state index in [1.807, 2.05) is 13.8 Å². The number of aliphatic hydroxyl groups is 1. The Kier molecular flexibility index (Phi) is 6.26. The maximum absolute atomic E-state index is 13.3. The Morgan fingerprint density at radius 2 is 2.08 bits per heavy atom. The third-order valence-corrected chi connectivity index (χ3v) is 3.63. The highest BCUT2D eigenvalue weighted by molar-refractivity contribution is 5.99. The molecular formula is C18H22FN3O2. The highest BCUT2D eigenvalue weighted by Crippen LogP contribution is 2.19. The number of anilines is 2. The molecule has 0 aliphatic carbocycles. The molecule has 24 heavy (non-hydrogen) atoms. The number of aliphatic hydroxyl groups excluding tert-OH is 1. The minimum absolute atomic E-state index is 0.144. The zero-order valence-corrected chi connectivity index (χ0v) is 13.8. The van der Waals surface area contributed by atoms with Crippen molar-refractivity contribution < 1.29 is 14.3 Å². The fourth-order valence-electron chi connectivity index (χ4n) is 2.15. The van der Waals surface area contributed by atoms with Crippen LogP contribution in [0.5, 0.6) is 0 Å². The molecular weight excluding hydrogens is 309 g/mol. The zero-order chi connectivity index (χ0) is 17.5. The smallest absolute Gasteiger partial charge is 0.255 e. The molecule has 0 radical (unpaired) electrons. The molecule has 0 spiro atoms. The van der Waals surface area contributed by atoms with Crippen LogP contribution >= 0.6 is 0 Å². The Bertz CT molecular complexity index is 691. The van der Waals surface area contributed by atoms with E-state index in [1.54, 1.807) is 30.5 Å². The van der Waals surface area contributed by atoms with Crippen LogP contribution in [0.3, 0.4) is 0 Å². The number of nitrogens with zero attached hydrogens (tertiary/aromatic N) is 1. The van der Waals surface area contributed by atoms with Gasteiger partial charge in [0.2, 0.25) is 0 Å². The molecule has 2 rings (SSSR count). The lowest BCUT2D eigenvalue weighted by molar-refractivity contribution is 0.0920. The second-order valence-electron chi connectivity index (χ2n) is 5.89. The van der Waals surface area contributed by atoms with Crippen LogP contribution in [0.15, 0.2) is 42.6 Å². The predicted molar refractivity (Wildman–Crippen MR) is 91.7 cm³/mol. The van der Waals surface area contributed by atoms with Crippen LogP contribution in [0.1, 0.15) is 30.6 Å². The van der Waals surface area contributed by atoms with Crippen molar-refractivity contribution in [3.63, 3.8) is 0 Å². The largest absolute Gasteiger partial charge is 0.393 e. The zero-order valence-electron chi connectivity index (χ0n) is 13.8. The summed E-state index contributed by atoms with van der Waals surface area (Å²) in [6.07, 6.45) is 1.58. The number of rotatable bonds is 7. The van der Waals surface area contributed by atoms with Crippen LogP contribution in [-0.4, -0.2) is 28.6 Å². The first-order valence-electron chi connectivity index (χ1n) is 7.91. The monoisotopic (exact) mass is 331 g/mol. The fourth-order valence-corrected chi connectivity index (χ4v) is 2.15. The lowest BCUT2D eigenvalue weighted by atomic mass is 10.0. The number of benzene rings is 1. The molecule has 1 amide bonds. The van der Waals surface area contributed by atoms with Crippen LogP contribution in [-0.2, 0) is 0 Å². The summed E-state index contributed by atoms with van der Waals surface area (Å²) in [4.78, 5) is 16.5. The molecule has 1 heterocycles. The highest BCUT2D eigenvalue weighted by atomic mass is 19.1. The Morgan fingerprint density at radius 3 is 2.79 bits per heavy atom. The van der Waals surface area contributed by atoms with Crippen molar-refractivity contribution in [2.75, 3.05) is 11.9 Å². The number of hydrogen-bond donors (Lipinski definition) is 3. The van der Waals surface area contributed by atoms with Gasteiger partial charge >= 0.3 is 0 Å². The highest BCUT2D eigenvalue weighted by Gasteiger charge is 2.14. The van der Waals surface area contributed by atoms with Gasteiger partial charge in [0, 0.05) is 18.4 Å². The number of pyridine rings is 1. The lowest BCUT2D eigenvalue weighted by Gasteiger charge is -2.15. The summed E-state index contributed by atoms with van der Waals surface area (Å²) in [6, 6.07) is 9.25.